The van der Waals surface area contributed by atoms with Gasteiger partial charge in [0.2, 0.25) is 5.91 Å². The molecule has 1 saturated carbocycles. The van der Waals surface area contributed by atoms with E-state index >= 15 is 0 Å². The molecule has 0 aliphatic heterocycles. The summed E-state index contributed by atoms with van der Waals surface area (Å²) in [5, 5.41) is 4.41. The van der Waals surface area contributed by atoms with Gasteiger partial charge in [0.05, 0.1) is 10.6 Å². The zero-order valence-electron chi connectivity index (χ0n) is 11.0. The van der Waals surface area contributed by atoms with Crippen LogP contribution >= 0.6 is 23.2 Å². The van der Waals surface area contributed by atoms with Crippen LogP contribution in [-0.4, -0.2) is 16.9 Å². The van der Waals surface area contributed by atoms with Crippen LogP contribution < -0.4 is 11.1 Å². The number of nitrogens with two attached hydrogens (primary N) is 1. The average molecular weight is 322 g/mol. The normalized spacial score (nSPS) is 20.1. The predicted octanol–water partition coefficient (Wildman–Crippen LogP) is 3.46. The molecular weight excluding hydrogens is 309 g/mol. The van der Waals surface area contributed by atoms with Gasteiger partial charge in [-0.15, -0.1) is 0 Å². The van der Waals surface area contributed by atoms with Gasteiger partial charge in [0.1, 0.15) is 5.82 Å². The molecule has 1 aliphatic carbocycles. The number of pyridine rings is 1. The fourth-order valence-corrected chi connectivity index (χ4v) is 2.73. The molecule has 0 saturated heterocycles. The van der Waals surface area contributed by atoms with Gasteiger partial charge in [0.25, 0.3) is 0 Å². The number of nitrogens with one attached hydrogen (secondary N) is 1. The molecule has 1 aromatic heterocycles. The highest BCUT2D eigenvalue weighted by molar-refractivity contribution is 6.33. The zero-order valence-corrected chi connectivity index (χ0v) is 12.5. The maximum Gasteiger partial charge on any atom is 0.250 e. The van der Waals surface area contributed by atoms with Crippen LogP contribution in [-0.2, 0) is 0 Å². The minimum atomic E-state index is -0.542. The van der Waals surface area contributed by atoms with Crippen molar-refractivity contribution in [3.8, 4) is 0 Å². The number of carbonyl (C=O) groups excluding carboxylic acids is 1. The Morgan fingerprint density at radius 1 is 1.33 bits per heavy atom. The molecule has 0 spiro atoms. The number of hydrogen-bond acceptors (Lipinski definition) is 3. The maximum absolute atomic E-state index is 11.1. The van der Waals surface area contributed by atoms with Gasteiger partial charge in [-0.3, -0.25) is 4.79 Å². The molecule has 108 valence electrons. The molecule has 1 heterocycles. The number of anilines is 1. The van der Waals surface area contributed by atoms with E-state index in [1.54, 1.807) is 0 Å². The molecule has 3 rings (SSSR count). The summed E-state index contributed by atoms with van der Waals surface area (Å²) in [6, 6.07) is 9.63. The van der Waals surface area contributed by atoms with E-state index in [1.807, 2.05) is 18.2 Å². The number of nitrogens with zero attached hydrogens (tertiary/aromatic N) is 1. The van der Waals surface area contributed by atoms with Crippen molar-refractivity contribution in [1.82, 2.24) is 4.98 Å². The lowest BCUT2D eigenvalue weighted by Gasteiger charge is -2.08. The van der Waals surface area contributed by atoms with Crippen molar-refractivity contribution in [3.63, 3.8) is 0 Å². The molecule has 4 nitrogen and oxygen atoms in total. The Bertz CT molecular complexity index is 705. The second-order valence-electron chi connectivity index (χ2n) is 5.07. The van der Waals surface area contributed by atoms with Crippen molar-refractivity contribution in [2.45, 2.75) is 18.4 Å². The molecule has 2 atom stereocenters. The molecule has 2 unspecified atom stereocenters. The van der Waals surface area contributed by atoms with Crippen LogP contribution in [0.5, 0.6) is 0 Å². The van der Waals surface area contributed by atoms with Crippen molar-refractivity contribution < 1.29 is 4.79 Å². The van der Waals surface area contributed by atoms with Gasteiger partial charge >= 0.3 is 0 Å². The smallest absolute Gasteiger partial charge is 0.250 e. The molecule has 3 N–H and O–H groups in total. The highest BCUT2D eigenvalue weighted by Gasteiger charge is 2.39. The van der Waals surface area contributed by atoms with E-state index in [4.69, 9.17) is 28.9 Å². The fraction of sp³-hybridized carbons (Fsp3) is 0.200. The Kier molecular flexibility index (Phi) is 3.74. The second kappa shape index (κ2) is 5.54. The van der Waals surface area contributed by atoms with E-state index in [0.717, 1.165) is 11.4 Å². The van der Waals surface area contributed by atoms with Crippen LogP contribution in [0.15, 0.2) is 36.5 Å². The summed E-state index contributed by atoms with van der Waals surface area (Å²) in [6.45, 7) is 0. The van der Waals surface area contributed by atoms with Crippen LogP contribution in [0.1, 0.15) is 28.3 Å². The first-order valence-electron chi connectivity index (χ1n) is 6.52. The quantitative estimate of drug-likeness (QED) is 0.906. The van der Waals surface area contributed by atoms with Crippen LogP contribution in [0.25, 0.3) is 0 Å². The molecule has 0 radical (unpaired) electrons. The van der Waals surface area contributed by atoms with E-state index in [9.17, 15) is 4.79 Å². The lowest BCUT2D eigenvalue weighted by molar-refractivity contribution is 0.1000. The number of halogens is 2. The number of aromatic nitrogens is 1. The van der Waals surface area contributed by atoms with E-state index in [2.05, 4.69) is 16.4 Å². The summed E-state index contributed by atoms with van der Waals surface area (Å²) < 4.78 is 0. The van der Waals surface area contributed by atoms with Gasteiger partial charge in [-0.2, -0.15) is 0 Å². The maximum atomic E-state index is 11.1. The number of benzene rings is 1. The highest BCUT2D eigenvalue weighted by atomic mass is 35.5. The SMILES string of the molecule is NC(=O)c1cnc(NC2CC2c2cccc(Cl)c2)c(Cl)c1. The average Bonchev–Trinajstić information content (AvgIpc) is 3.20. The number of hydrogen-bond donors (Lipinski definition) is 2. The number of primary amides is 1. The van der Waals surface area contributed by atoms with Crippen LogP contribution in [0.2, 0.25) is 10.0 Å². The molecule has 1 fully saturated rings. The van der Waals surface area contributed by atoms with Gasteiger partial charge in [-0.1, -0.05) is 35.3 Å². The monoisotopic (exact) mass is 321 g/mol. The van der Waals surface area contributed by atoms with E-state index in [0.29, 0.717) is 22.3 Å². The summed E-state index contributed by atoms with van der Waals surface area (Å²) in [7, 11) is 0. The van der Waals surface area contributed by atoms with Crippen LogP contribution in [0.3, 0.4) is 0 Å². The standard InChI is InChI=1S/C15H13Cl2N3O/c16-10-3-1-2-8(4-10)11-6-13(11)20-15-12(17)5-9(7-19-15)14(18)21/h1-5,7,11,13H,6H2,(H2,18,21)(H,19,20). The van der Waals surface area contributed by atoms with Gasteiger partial charge in [0.15, 0.2) is 0 Å². The van der Waals surface area contributed by atoms with E-state index < -0.39 is 5.91 Å². The highest BCUT2D eigenvalue weighted by Crippen LogP contribution is 2.43. The first-order chi connectivity index (χ1) is 10.0. The van der Waals surface area contributed by atoms with Gasteiger partial charge in [-0.25, -0.2) is 4.98 Å². The predicted molar refractivity (Wildman–Crippen MR) is 84.0 cm³/mol. The Morgan fingerprint density at radius 2 is 2.14 bits per heavy atom. The molecule has 1 aliphatic rings. The summed E-state index contributed by atoms with van der Waals surface area (Å²) in [4.78, 5) is 15.2. The summed E-state index contributed by atoms with van der Waals surface area (Å²) >= 11 is 12.1. The lowest BCUT2D eigenvalue weighted by Crippen LogP contribution is -2.12. The van der Waals surface area contributed by atoms with Gasteiger partial charge < -0.3 is 11.1 Å². The molecule has 0 bridgehead atoms. The fourth-order valence-electron chi connectivity index (χ4n) is 2.31. The van der Waals surface area contributed by atoms with Crippen LogP contribution in [0.4, 0.5) is 5.82 Å². The first-order valence-corrected chi connectivity index (χ1v) is 7.27. The zero-order chi connectivity index (χ0) is 15.0. The summed E-state index contributed by atoms with van der Waals surface area (Å²) in [5.41, 5.74) is 6.69. The minimum Gasteiger partial charge on any atom is -0.366 e. The van der Waals surface area contributed by atoms with Crippen LogP contribution in [0, 0.1) is 0 Å². The Hall–Kier alpha value is -1.78. The van der Waals surface area contributed by atoms with Crippen molar-refractivity contribution in [2.24, 2.45) is 5.73 Å². The van der Waals surface area contributed by atoms with Crippen molar-refractivity contribution in [1.29, 1.82) is 0 Å². The molecule has 1 aromatic carbocycles. The van der Waals surface area contributed by atoms with Crippen molar-refractivity contribution >= 4 is 34.9 Å². The second-order valence-corrected chi connectivity index (χ2v) is 5.91. The van der Waals surface area contributed by atoms with Gasteiger partial charge in [-0.05, 0) is 30.2 Å². The molecule has 21 heavy (non-hydrogen) atoms. The summed E-state index contributed by atoms with van der Waals surface area (Å²) in [6.07, 6.45) is 2.42. The first kappa shape index (κ1) is 14.2. The minimum absolute atomic E-state index is 0.271. The largest absolute Gasteiger partial charge is 0.366 e. The third-order valence-electron chi connectivity index (χ3n) is 3.52. The Morgan fingerprint density at radius 3 is 2.81 bits per heavy atom. The third kappa shape index (κ3) is 3.12. The number of rotatable bonds is 4. The lowest BCUT2D eigenvalue weighted by atomic mass is 10.1. The number of amides is 1. The molecular formula is C15H13Cl2N3O. The molecule has 2 aromatic rings. The van der Waals surface area contributed by atoms with E-state index in [1.165, 1.54) is 17.8 Å². The summed E-state index contributed by atoms with van der Waals surface area (Å²) in [5.74, 6) is 0.424. The van der Waals surface area contributed by atoms with Crippen molar-refractivity contribution in [3.05, 3.63) is 57.7 Å². The topological polar surface area (TPSA) is 68.0 Å². The van der Waals surface area contributed by atoms with E-state index in [-0.39, 0.29) is 6.04 Å². The Balaban J connectivity index is 1.70. The third-order valence-corrected chi connectivity index (χ3v) is 4.04. The molecule has 1 amide bonds. The number of carbonyl (C=O) groups is 1. The molecule has 6 heteroatoms. The van der Waals surface area contributed by atoms with Gasteiger partial charge in [0, 0.05) is 23.2 Å². The Labute approximate surface area is 132 Å². The van der Waals surface area contributed by atoms with Crippen molar-refractivity contribution in [2.75, 3.05) is 5.32 Å².